The van der Waals surface area contributed by atoms with Crippen LogP contribution in [-0.2, 0) is 0 Å². The van der Waals surface area contributed by atoms with Crippen LogP contribution in [0, 0.1) is 0 Å². The lowest BCUT2D eigenvalue weighted by Crippen LogP contribution is -2.42. The van der Waals surface area contributed by atoms with E-state index in [0.29, 0.717) is 11.5 Å². The van der Waals surface area contributed by atoms with Gasteiger partial charge in [0.25, 0.3) is 5.91 Å². The molecule has 3 heterocycles. The molecule has 1 aliphatic heterocycles. The van der Waals surface area contributed by atoms with E-state index in [9.17, 15) is 4.79 Å². The molecule has 1 unspecified atom stereocenters. The number of aromatic nitrogens is 3. The Morgan fingerprint density at radius 2 is 2.36 bits per heavy atom. The van der Waals surface area contributed by atoms with Gasteiger partial charge in [-0.15, -0.1) is 0 Å². The highest BCUT2D eigenvalue weighted by atomic mass is 16.2. The highest BCUT2D eigenvalue weighted by molar-refractivity contribution is 5.92. The average Bonchev–Trinajstić information content (AvgIpc) is 3.25. The second-order valence-corrected chi connectivity index (χ2v) is 5.48. The molecule has 1 aliphatic rings. The van der Waals surface area contributed by atoms with Crippen molar-refractivity contribution in [2.75, 3.05) is 19.6 Å². The van der Waals surface area contributed by atoms with E-state index in [1.54, 1.807) is 16.9 Å². The molecule has 0 bridgehead atoms. The number of hydrogen-bond donors (Lipinski definition) is 1. The molecule has 1 N–H and O–H groups in total. The van der Waals surface area contributed by atoms with Crippen LogP contribution in [0.25, 0.3) is 5.82 Å². The Kier molecular flexibility index (Phi) is 4.48. The maximum Gasteiger partial charge on any atom is 0.272 e. The number of carbonyl (C=O) groups excluding carboxylic acids is 1. The second kappa shape index (κ2) is 6.70. The van der Waals surface area contributed by atoms with Gasteiger partial charge >= 0.3 is 0 Å². The molecule has 116 valence electrons. The van der Waals surface area contributed by atoms with Crippen molar-refractivity contribution in [3.05, 3.63) is 42.4 Å². The van der Waals surface area contributed by atoms with E-state index in [1.165, 1.54) is 0 Å². The summed E-state index contributed by atoms with van der Waals surface area (Å²) < 4.78 is 1.66. The third-order valence-electron chi connectivity index (χ3n) is 3.89. The molecule has 22 heavy (non-hydrogen) atoms. The highest BCUT2D eigenvalue weighted by Crippen LogP contribution is 2.14. The van der Waals surface area contributed by atoms with Crippen molar-refractivity contribution in [2.24, 2.45) is 0 Å². The molecule has 6 heteroatoms. The van der Waals surface area contributed by atoms with E-state index < -0.39 is 0 Å². The normalized spacial score (nSPS) is 17.6. The van der Waals surface area contributed by atoms with Gasteiger partial charge < -0.3 is 10.2 Å². The molecule has 6 nitrogen and oxygen atoms in total. The average molecular weight is 299 g/mol. The summed E-state index contributed by atoms with van der Waals surface area (Å²) in [5.74, 6) is 0.668. The van der Waals surface area contributed by atoms with Crippen molar-refractivity contribution in [3.8, 4) is 5.82 Å². The van der Waals surface area contributed by atoms with Crippen LogP contribution in [0.1, 0.15) is 30.3 Å². The van der Waals surface area contributed by atoms with Gasteiger partial charge in [-0.05, 0) is 37.6 Å². The Morgan fingerprint density at radius 1 is 1.45 bits per heavy atom. The number of carbonyl (C=O) groups is 1. The van der Waals surface area contributed by atoms with Gasteiger partial charge in [0.2, 0.25) is 0 Å². The number of nitrogens with one attached hydrogen (secondary N) is 1. The van der Waals surface area contributed by atoms with E-state index in [2.05, 4.69) is 22.3 Å². The van der Waals surface area contributed by atoms with Crippen molar-refractivity contribution < 1.29 is 4.79 Å². The number of hydrogen-bond acceptors (Lipinski definition) is 4. The predicted octanol–water partition coefficient (Wildman–Crippen LogP) is 1.48. The lowest BCUT2D eigenvalue weighted by atomic mass is 10.2. The van der Waals surface area contributed by atoms with E-state index in [1.807, 2.05) is 29.3 Å². The summed E-state index contributed by atoms with van der Waals surface area (Å²) >= 11 is 0. The summed E-state index contributed by atoms with van der Waals surface area (Å²) in [6.07, 6.45) is 5.47. The first kappa shape index (κ1) is 14.7. The fraction of sp³-hybridized carbons (Fsp3) is 0.438. The van der Waals surface area contributed by atoms with Gasteiger partial charge in [-0.1, -0.05) is 13.0 Å². The first-order valence-corrected chi connectivity index (χ1v) is 7.78. The molecule has 1 saturated heterocycles. The summed E-state index contributed by atoms with van der Waals surface area (Å²) in [5, 5.41) is 7.49. The Hall–Kier alpha value is -2.21. The molecule has 0 spiro atoms. The van der Waals surface area contributed by atoms with Gasteiger partial charge in [0.15, 0.2) is 5.82 Å². The molecule has 1 atom stereocenters. The van der Waals surface area contributed by atoms with Crippen LogP contribution < -0.4 is 5.32 Å². The van der Waals surface area contributed by atoms with E-state index in [0.717, 1.165) is 32.5 Å². The summed E-state index contributed by atoms with van der Waals surface area (Å²) in [7, 11) is 0. The zero-order valence-corrected chi connectivity index (χ0v) is 12.8. The molecular formula is C16H21N5O. The number of nitrogens with zero attached hydrogens (tertiary/aromatic N) is 4. The topological polar surface area (TPSA) is 63.1 Å². The molecule has 1 amide bonds. The molecule has 0 aromatic carbocycles. The van der Waals surface area contributed by atoms with Crippen LogP contribution >= 0.6 is 0 Å². The highest BCUT2D eigenvalue weighted by Gasteiger charge is 2.27. The maximum atomic E-state index is 12.8. The SMILES string of the molecule is CCCN(C(=O)c1cccc(-n2cccn2)n1)C1CCNC1. The predicted molar refractivity (Wildman–Crippen MR) is 84.0 cm³/mol. The van der Waals surface area contributed by atoms with Gasteiger partial charge in [0, 0.05) is 31.5 Å². The third kappa shape index (κ3) is 3.01. The molecule has 2 aromatic heterocycles. The lowest BCUT2D eigenvalue weighted by molar-refractivity contribution is 0.0686. The standard InChI is InChI=1S/C16H21N5O/c1-2-10-20(13-7-9-17-12-13)16(22)14-5-3-6-15(19-14)21-11-4-8-18-21/h3-6,8,11,13,17H,2,7,9-10,12H2,1H3. The molecule has 1 fully saturated rings. The third-order valence-corrected chi connectivity index (χ3v) is 3.89. The fourth-order valence-corrected chi connectivity index (χ4v) is 2.82. The molecule has 0 aliphatic carbocycles. The maximum absolute atomic E-state index is 12.8. The smallest absolute Gasteiger partial charge is 0.272 e. The lowest BCUT2D eigenvalue weighted by Gasteiger charge is -2.28. The monoisotopic (exact) mass is 299 g/mol. The van der Waals surface area contributed by atoms with Gasteiger partial charge in [-0.3, -0.25) is 4.79 Å². The minimum atomic E-state index is 0.00422. The van der Waals surface area contributed by atoms with Crippen molar-refractivity contribution >= 4 is 5.91 Å². The van der Waals surface area contributed by atoms with Crippen LogP contribution in [0.5, 0.6) is 0 Å². The van der Waals surface area contributed by atoms with Crippen LogP contribution in [0.15, 0.2) is 36.7 Å². The van der Waals surface area contributed by atoms with Crippen LogP contribution in [0.4, 0.5) is 0 Å². The molecular weight excluding hydrogens is 278 g/mol. The van der Waals surface area contributed by atoms with E-state index in [-0.39, 0.29) is 11.9 Å². The van der Waals surface area contributed by atoms with Gasteiger partial charge in [0.05, 0.1) is 0 Å². The van der Waals surface area contributed by atoms with Crippen molar-refractivity contribution in [1.82, 2.24) is 25.0 Å². The first-order valence-electron chi connectivity index (χ1n) is 7.78. The van der Waals surface area contributed by atoms with Crippen LogP contribution in [0.3, 0.4) is 0 Å². The molecule has 0 saturated carbocycles. The van der Waals surface area contributed by atoms with Crippen molar-refractivity contribution in [3.63, 3.8) is 0 Å². The molecule has 2 aromatic rings. The van der Waals surface area contributed by atoms with E-state index >= 15 is 0 Å². The summed E-state index contributed by atoms with van der Waals surface area (Å²) in [4.78, 5) is 19.3. The minimum absolute atomic E-state index is 0.00422. The van der Waals surface area contributed by atoms with E-state index in [4.69, 9.17) is 0 Å². The molecule has 0 radical (unpaired) electrons. The molecule has 3 rings (SSSR count). The largest absolute Gasteiger partial charge is 0.333 e. The quantitative estimate of drug-likeness (QED) is 0.908. The van der Waals surface area contributed by atoms with Crippen molar-refractivity contribution in [2.45, 2.75) is 25.8 Å². The Labute approximate surface area is 130 Å². The summed E-state index contributed by atoms with van der Waals surface area (Å²) in [6.45, 7) is 4.69. The van der Waals surface area contributed by atoms with Crippen molar-refractivity contribution in [1.29, 1.82) is 0 Å². The number of rotatable bonds is 5. The number of amides is 1. The summed E-state index contributed by atoms with van der Waals surface area (Å²) in [6, 6.07) is 7.59. The Balaban J connectivity index is 1.85. The van der Waals surface area contributed by atoms with Crippen LogP contribution in [-0.4, -0.2) is 51.2 Å². The first-order chi connectivity index (χ1) is 10.8. The number of pyridine rings is 1. The second-order valence-electron chi connectivity index (χ2n) is 5.48. The van der Waals surface area contributed by atoms with Gasteiger partial charge in [-0.2, -0.15) is 5.10 Å². The van der Waals surface area contributed by atoms with Gasteiger partial charge in [0.1, 0.15) is 5.69 Å². The fourth-order valence-electron chi connectivity index (χ4n) is 2.82. The summed E-state index contributed by atoms with van der Waals surface area (Å²) in [5.41, 5.74) is 0.480. The van der Waals surface area contributed by atoms with Crippen LogP contribution in [0.2, 0.25) is 0 Å². The zero-order valence-electron chi connectivity index (χ0n) is 12.8. The Bertz CT molecular complexity index is 619. The zero-order chi connectivity index (χ0) is 15.4. The Morgan fingerprint density at radius 3 is 3.05 bits per heavy atom. The van der Waals surface area contributed by atoms with Gasteiger partial charge in [-0.25, -0.2) is 9.67 Å². The minimum Gasteiger partial charge on any atom is -0.333 e.